The van der Waals surface area contributed by atoms with E-state index in [0.717, 1.165) is 36.8 Å². The van der Waals surface area contributed by atoms with Crippen LogP contribution in [0.2, 0.25) is 5.02 Å². The molecule has 0 atom stereocenters. The fraction of sp³-hybridized carbons (Fsp3) is 0.708. The monoisotopic (exact) mass is 455 g/mol. The lowest BCUT2D eigenvalue weighted by atomic mass is 9.62. The summed E-state index contributed by atoms with van der Waals surface area (Å²) in [6, 6.07) is 5.33. The second-order valence-electron chi connectivity index (χ2n) is 8.57. The number of nitrogens with one attached hydrogen (secondary N) is 1. The van der Waals surface area contributed by atoms with Crippen molar-refractivity contribution in [3.63, 3.8) is 0 Å². The Morgan fingerprint density at radius 3 is 2.70 bits per heavy atom. The molecule has 2 saturated carbocycles. The number of fused-ring (bicyclic) bond motifs is 2. The second kappa shape index (κ2) is 12.8. The molecular weight excluding hydrogens is 418 g/mol. The smallest absolute Gasteiger partial charge is 0.252 e. The average molecular weight is 456 g/mol. The number of carbonyl (C=O) groups is 1. The van der Waals surface area contributed by atoms with Gasteiger partial charge < -0.3 is 15.2 Å². The summed E-state index contributed by atoms with van der Waals surface area (Å²) in [5, 5.41) is 12.4. The summed E-state index contributed by atoms with van der Waals surface area (Å²) >= 11 is 8.13. The predicted molar refractivity (Wildman–Crippen MR) is 128 cm³/mol. The van der Waals surface area contributed by atoms with Crippen LogP contribution in [0.1, 0.15) is 75.6 Å². The quantitative estimate of drug-likeness (QED) is 0.404. The SMILES string of the molecule is C.O=C(NCC12CCCC(CCC1)C2)c1cc(OCCCSCCCO)ccc1Cl. The fourth-order valence-corrected chi connectivity index (χ4v) is 5.88. The van der Waals surface area contributed by atoms with Crippen molar-refractivity contribution in [1.82, 2.24) is 5.32 Å². The van der Waals surface area contributed by atoms with Gasteiger partial charge in [-0.2, -0.15) is 11.8 Å². The highest BCUT2D eigenvalue weighted by atomic mass is 35.5. The van der Waals surface area contributed by atoms with E-state index in [-0.39, 0.29) is 19.9 Å². The Hall–Kier alpha value is -0.910. The van der Waals surface area contributed by atoms with Crippen LogP contribution in [0, 0.1) is 11.3 Å². The van der Waals surface area contributed by atoms with Gasteiger partial charge in [-0.3, -0.25) is 4.79 Å². The van der Waals surface area contributed by atoms with Crippen LogP contribution in [-0.2, 0) is 0 Å². The molecule has 170 valence electrons. The highest BCUT2D eigenvalue weighted by Crippen LogP contribution is 2.48. The van der Waals surface area contributed by atoms with E-state index in [9.17, 15) is 4.79 Å². The molecule has 30 heavy (non-hydrogen) atoms. The molecule has 1 aromatic rings. The molecule has 0 aliphatic heterocycles. The first-order valence-electron chi connectivity index (χ1n) is 11.0. The number of aliphatic hydroxyl groups excluding tert-OH is 1. The Labute approximate surface area is 191 Å². The Morgan fingerprint density at radius 2 is 1.97 bits per heavy atom. The Morgan fingerprint density at radius 1 is 1.23 bits per heavy atom. The lowest BCUT2D eigenvalue weighted by molar-refractivity contribution is 0.0681. The van der Waals surface area contributed by atoms with Crippen molar-refractivity contribution in [1.29, 1.82) is 0 Å². The minimum atomic E-state index is -0.0953. The zero-order valence-corrected chi connectivity index (χ0v) is 18.8. The molecule has 1 aromatic carbocycles. The second-order valence-corrected chi connectivity index (χ2v) is 10.2. The standard InChI is InChI=1S/C23H34ClNO3S.CH4/c24-21-8-7-19(28-12-4-14-29-13-3-11-26)15-20(21)22(27)25-17-23-9-1-5-18(16-23)6-2-10-23;/h7-8,15,18,26H,1-6,9-14,16-17H2,(H,25,27);1H4. The minimum absolute atomic E-state index is 0. The number of rotatable bonds is 11. The molecule has 0 spiro atoms. The summed E-state index contributed by atoms with van der Waals surface area (Å²) in [7, 11) is 0. The van der Waals surface area contributed by atoms with Gasteiger partial charge in [-0.05, 0) is 73.1 Å². The third-order valence-corrected chi connectivity index (χ3v) is 7.80. The average Bonchev–Trinajstić information content (AvgIpc) is 2.72. The summed E-state index contributed by atoms with van der Waals surface area (Å²) in [6.45, 7) is 1.62. The van der Waals surface area contributed by atoms with Crippen molar-refractivity contribution in [3.05, 3.63) is 28.8 Å². The van der Waals surface area contributed by atoms with E-state index in [1.807, 2.05) is 17.8 Å². The summed E-state index contributed by atoms with van der Waals surface area (Å²) in [5.41, 5.74) is 0.798. The van der Waals surface area contributed by atoms with Crippen LogP contribution < -0.4 is 10.1 Å². The van der Waals surface area contributed by atoms with Crippen molar-refractivity contribution < 1.29 is 14.6 Å². The number of benzene rings is 1. The molecule has 4 nitrogen and oxygen atoms in total. The van der Waals surface area contributed by atoms with Gasteiger partial charge >= 0.3 is 0 Å². The Balaban J connectivity index is 0.00000320. The molecule has 6 heteroatoms. The molecule has 0 radical (unpaired) electrons. The van der Waals surface area contributed by atoms with Gasteiger partial charge in [-0.25, -0.2) is 0 Å². The molecule has 0 saturated heterocycles. The van der Waals surface area contributed by atoms with Crippen LogP contribution >= 0.6 is 23.4 Å². The van der Waals surface area contributed by atoms with Crippen molar-refractivity contribution in [2.24, 2.45) is 11.3 Å². The Kier molecular flexibility index (Phi) is 10.8. The third kappa shape index (κ3) is 7.35. The molecule has 1 amide bonds. The summed E-state index contributed by atoms with van der Waals surface area (Å²) in [5.74, 6) is 3.43. The van der Waals surface area contributed by atoms with Crippen LogP contribution in [0.5, 0.6) is 5.75 Å². The van der Waals surface area contributed by atoms with Gasteiger partial charge in [-0.1, -0.05) is 44.7 Å². The number of amides is 1. The summed E-state index contributed by atoms with van der Waals surface area (Å²) in [6.07, 6.45) is 10.8. The number of carbonyl (C=O) groups excluding carboxylic acids is 1. The zero-order valence-electron chi connectivity index (χ0n) is 17.3. The molecule has 2 N–H and O–H groups in total. The third-order valence-electron chi connectivity index (χ3n) is 6.32. The first kappa shape index (κ1) is 25.4. The van der Waals surface area contributed by atoms with E-state index < -0.39 is 0 Å². The zero-order chi connectivity index (χ0) is 20.5. The summed E-state index contributed by atoms with van der Waals surface area (Å²) in [4.78, 5) is 12.8. The lowest BCUT2D eigenvalue weighted by Crippen LogP contribution is -2.43. The van der Waals surface area contributed by atoms with E-state index in [4.69, 9.17) is 21.4 Å². The first-order chi connectivity index (χ1) is 14.1. The van der Waals surface area contributed by atoms with Crippen LogP contribution in [0.25, 0.3) is 0 Å². The van der Waals surface area contributed by atoms with Crippen molar-refractivity contribution in [2.75, 3.05) is 31.3 Å². The fourth-order valence-electron chi connectivity index (χ4n) is 4.82. The van der Waals surface area contributed by atoms with E-state index in [1.54, 1.807) is 12.1 Å². The van der Waals surface area contributed by atoms with Gasteiger partial charge in [0.15, 0.2) is 0 Å². The van der Waals surface area contributed by atoms with Gasteiger partial charge in [-0.15, -0.1) is 0 Å². The van der Waals surface area contributed by atoms with Gasteiger partial charge in [0.1, 0.15) is 5.75 Å². The molecule has 0 aromatic heterocycles. The van der Waals surface area contributed by atoms with Crippen LogP contribution in [0.15, 0.2) is 18.2 Å². The molecular formula is C24H38ClNO3S. The number of hydrogen-bond acceptors (Lipinski definition) is 4. The van der Waals surface area contributed by atoms with Crippen molar-refractivity contribution in [2.45, 2.75) is 65.2 Å². The molecule has 2 fully saturated rings. The first-order valence-corrected chi connectivity index (χ1v) is 12.5. The predicted octanol–water partition coefficient (Wildman–Crippen LogP) is 5.95. The highest BCUT2D eigenvalue weighted by Gasteiger charge is 2.39. The summed E-state index contributed by atoms with van der Waals surface area (Å²) < 4.78 is 5.82. The van der Waals surface area contributed by atoms with Gasteiger partial charge in [0.05, 0.1) is 17.2 Å². The minimum Gasteiger partial charge on any atom is -0.494 e. The van der Waals surface area contributed by atoms with Crippen LogP contribution in [-0.4, -0.2) is 42.3 Å². The number of halogens is 1. The maximum absolute atomic E-state index is 12.8. The van der Waals surface area contributed by atoms with Gasteiger partial charge in [0.2, 0.25) is 0 Å². The largest absolute Gasteiger partial charge is 0.494 e. The normalized spacial score (nSPS) is 22.8. The molecule has 0 unspecified atom stereocenters. The Bertz CT molecular complexity index is 660. The molecule has 2 aliphatic rings. The number of hydrogen-bond donors (Lipinski definition) is 2. The number of ether oxygens (including phenoxy) is 1. The maximum Gasteiger partial charge on any atom is 0.252 e. The van der Waals surface area contributed by atoms with Gasteiger partial charge in [0, 0.05) is 13.2 Å². The molecule has 2 bridgehead atoms. The van der Waals surface area contributed by atoms with Crippen LogP contribution in [0.4, 0.5) is 0 Å². The van der Waals surface area contributed by atoms with E-state index in [2.05, 4.69) is 5.32 Å². The number of thioether (sulfide) groups is 1. The molecule has 3 rings (SSSR count). The van der Waals surface area contributed by atoms with Crippen LogP contribution in [0.3, 0.4) is 0 Å². The van der Waals surface area contributed by atoms with E-state index in [1.165, 1.54) is 44.9 Å². The van der Waals surface area contributed by atoms with Crippen molar-refractivity contribution in [3.8, 4) is 5.75 Å². The number of aliphatic hydroxyl groups is 1. The van der Waals surface area contributed by atoms with E-state index >= 15 is 0 Å². The lowest BCUT2D eigenvalue weighted by Gasteiger charge is -2.45. The van der Waals surface area contributed by atoms with Crippen molar-refractivity contribution >= 4 is 29.3 Å². The highest BCUT2D eigenvalue weighted by molar-refractivity contribution is 7.99. The van der Waals surface area contributed by atoms with E-state index in [0.29, 0.717) is 28.4 Å². The maximum atomic E-state index is 12.8. The molecule has 2 aliphatic carbocycles. The molecule has 0 heterocycles. The van der Waals surface area contributed by atoms with Gasteiger partial charge in [0.25, 0.3) is 5.91 Å². The topological polar surface area (TPSA) is 58.6 Å².